The fourth-order valence-electron chi connectivity index (χ4n) is 3.40. The van der Waals surface area contributed by atoms with Crippen molar-refractivity contribution in [2.24, 2.45) is 5.92 Å². The van der Waals surface area contributed by atoms with Crippen molar-refractivity contribution in [2.75, 3.05) is 0 Å². The molecule has 1 amide bonds. The molecule has 1 N–H and O–H groups in total. The summed E-state index contributed by atoms with van der Waals surface area (Å²) in [7, 11) is 0. The average Bonchev–Trinajstić information content (AvgIpc) is 2.95. The van der Waals surface area contributed by atoms with Gasteiger partial charge in [0, 0.05) is 0 Å². The number of hydrogen-bond donors (Lipinski definition) is 1. The predicted molar refractivity (Wildman–Crippen MR) is 95.9 cm³/mol. The Kier molecular flexibility index (Phi) is 4.61. The second-order valence-electron chi connectivity index (χ2n) is 7.47. The minimum Gasteiger partial charge on any atom is -0.444 e. The molecule has 0 saturated carbocycles. The van der Waals surface area contributed by atoms with E-state index >= 15 is 0 Å². The standard InChI is InChI=1S/C21H25NO2/c1-21(2,3)24-20(23)22-19(15-9-5-4-6-10-15)18-13-16-11-7-8-12-17(16)14-18/h4-12,18-19H,13-14H2,1-3H3,(H,22,23). The van der Waals surface area contributed by atoms with Gasteiger partial charge in [0.2, 0.25) is 0 Å². The number of benzene rings is 2. The van der Waals surface area contributed by atoms with Gasteiger partial charge >= 0.3 is 6.09 Å². The number of carbonyl (C=O) groups is 1. The fourth-order valence-corrected chi connectivity index (χ4v) is 3.40. The summed E-state index contributed by atoms with van der Waals surface area (Å²) in [6, 6.07) is 18.7. The van der Waals surface area contributed by atoms with Crippen LogP contribution in [0, 0.1) is 5.92 Å². The maximum atomic E-state index is 12.3. The van der Waals surface area contributed by atoms with Gasteiger partial charge in [0.05, 0.1) is 6.04 Å². The van der Waals surface area contributed by atoms with Crippen molar-refractivity contribution in [3.05, 3.63) is 71.3 Å². The van der Waals surface area contributed by atoms with Gasteiger partial charge in [0.25, 0.3) is 0 Å². The molecule has 3 rings (SSSR count). The Morgan fingerprint density at radius 1 is 1.00 bits per heavy atom. The van der Waals surface area contributed by atoms with E-state index < -0.39 is 5.60 Å². The lowest BCUT2D eigenvalue weighted by molar-refractivity contribution is 0.0485. The summed E-state index contributed by atoms with van der Waals surface area (Å²) in [4.78, 5) is 12.3. The Hall–Kier alpha value is -2.29. The third-order valence-corrected chi connectivity index (χ3v) is 4.38. The molecule has 0 spiro atoms. The van der Waals surface area contributed by atoms with Crippen molar-refractivity contribution in [1.82, 2.24) is 5.32 Å². The van der Waals surface area contributed by atoms with Crippen LogP contribution in [0.5, 0.6) is 0 Å². The van der Waals surface area contributed by atoms with Gasteiger partial charge in [-0.2, -0.15) is 0 Å². The molecule has 3 heteroatoms. The number of nitrogens with one attached hydrogen (secondary N) is 1. The van der Waals surface area contributed by atoms with Crippen molar-refractivity contribution in [2.45, 2.75) is 45.3 Å². The number of alkyl carbamates (subject to hydrolysis) is 1. The first-order valence-electron chi connectivity index (χ1n) is 8.53. The fraction of sp³-hybridized carbons (Fsp3) is 0.381. The molecule has 0 heterocycles. The molecule has 0 aliphatic heterocycles. The quantitative estimate of drug-likeness (QED) is 0.891. The van der Waals surface area contributed by atoms with Crippen molar-refractivity contribution < 1.29 is 9.53 Å². The molecule has 1 unspecified atom stereocenters. The lowest BCUT2D eigenvalue weighted by Crippen LogP contribution is -2.38. The van der Waals surface area contributed by atoms with E-state index in [1.807, 2.05) is 39.0 Å². The van der Waals surface area contributed by atoms with Gasteiger partial charge in [-0.3, -0.25) is 0 Å². The molecule has 1 aliphatic rings. The van der Waals surface area contributed by atoms with Crippen LogP contribution in [0.1, 0.15) is 43.5 Å². The number of ether oxygens (including phenoxy) is 1. The molecule has 2 aromatic rings. The molecule has 24 heavy (non-hydrogen) atoms. The third-order valence-electron chi connectivity index (χ3n) is 4.38. The first kappa shape index (κ1) is 16.6. The predicted octanol–water partition coefficient (Wildman–Crippen LogP) is 4.67. The molecule has 1 atom stereocenters. The summed E-state index contributed by atoms with van der Waals surface area (Å²) in [5, 5.41) is 3.11. The summed E-state index contributed by atoms with van der Waals surface area (Å²) in [6.45, 7) is 5.65. The maximum absolute atomic E-state index is 12.3. The molecule has 126 valence electrons. The molecule has 0 radical (unpaired) electrons. The molecule has 3 nitrogen and oxygen atoms in total. The van der Waals surface area contributed by atoms with Gasteiger partial charge in [0.1, 0.15) is 5.60 Å². The number of amides is 1. The molecule has 2 aromatic carbocycles. The zero-order valence-corrected chi connectivity index (χ0v) is 14.6. The van der Waals surface area contributed by atoms with Crippen molar-refractivity contribution in [3.63, 3.8) is 0 Å². The lowest BCUT2D eigenvalue weighted by atomic mass is 9.90. The van der Waals surface area contributed by atoms with E-state index in [-0.39, 0.29) is 12.1 Å². The highest BCUT2D eigenvalue weighted by Crippen LogP contribution is 2.35. The van der Waals surface area contributed by atoms with E-state index in [9.17, 15) is 4.79 Å². The smallest absolute Gasteiger partial charge is 0.408 e. The Morgan fingerprint density at radius 2 is 1.54 bits per heavy atom. The van der Waals surface area contributed by atoms with E-state index in [4.69, 9.17) is 4.74 Å². The Morgan fingerprint density at radius 3 is 2.08 bits per heavy atom. The largest absolute Gasteiger partial charge is 0.444 e. The van der Waals surface area contributed by atoms with Crippen LogP contribution in [0.25, 0.3) is 0 Å². The van der Waals surface area contributed by atoms with Crippen molar-refractivity contribution in [3.8, 4) is 0 Å². The van der Waals surface area contributed by atoms with E-state index in [1.165, 1.54) is 11.1 Å². The zero-order valence-electron chi connectivity index (χ0n) is 14.6. The minimum atomic E-state index is -0.496. The number of rotatable bonds is 3. The molecule has 0 aromatic heterocycles. The third kappa shape index (κ3) is 3.97. The lowest BCUT2D eigenvalue weighted by Gasteiger charge is -2.27. The first-order chi connectivity index (χ1) is 11.4. The van der Waals surface area contributed by atoms with E-state index in [2.05, 4.69) is 41.7 Å². The van der Waals surface area contributed by atoms with Crippen LogP contribution in [0.4, 0.5) is 4.79 Å². The van der Waals surface area contributed by atoms with Crippen molar-refractivity contribution in [1.29, 1.82) is 0 Å². The normalized spacial score (nSPS) is 15.6. The Balaban J connectivity index is 1.81. The molecule has 0 saturated heterocycles. The van der Waals surface area contributed by atoms with Crippen LogP contribution in [-0.2, 0) is 17.6 Å². The highest BCUT2D eigenvalue weighted by Gasteiger charge is 2.31. The van der Waals surface area contributed by atoms with E-state index in [0.717, 1.165) is 18.4 Å². The topological polar surface area (TPSA) is 38.3 Å². The molecule has 0 bridgehead atoms. The molecular weight excluding hydrogens is 298 g/mol. The van der Waals surface area contributed by atoms with Gasteiger partial charge in [0.15, 0.2) is 0 Å². The maximum Gasteiger partial charge on any atom is 0.408 e. The zero-order chi connectivity index (χ0) is 17.2. The summed E-state index contributed by atoms with van der Waals surface area (Å²) in [5.74, 6) is 0.345. The SMILES string of the molecule is CC(C)(C)OC(=O)NC(c1ccccc1)C1Cc2ccccc2C1. The van der Waals surface area contributed by atoms with Crippen LogP contribution in [0.15, 0.2) is 54.6 Å². The second kappa shape index (κ2) is 6.68. The van der Waals surface area contributed by atoms with Crippen LogP contribution < -0.4 is 5.32 Å². The molecular formula is C21H25NO2. The first-order valence-corrected chi connectivity index (χ1v) is 8.53. The highest BCUT2D eigenvalue weighted by molar-refractivity contribution is 5.68. The summed E-state index contributed by atoms with van der Waals surface area (Å²) >= 11 is 0. The monoisotopic (exact) mass is 323 g/mol. The van der Waals surface area contributed by atoms with Gasteiger partial charge < -0.3 is 10.1 Å². The Bertz CT molecular complexity index is 678. The van der Waals surface area contributed by atoms with Crippen molar-refractivity contribution >= 4 is 6.09 Å². The number of fused-ring (bicyclic) bond motifs is 1. The van der Waals surface area contributed by atoms with Crippen LogP contribution in [-0.4, -0.2) is 11.7 Å². The van der Waals surface area contributed by atoms with E-state index in [1.54, 1.807) is 0 Å². The van der Waals surface area contributed by atoms with E-state index in [0.29, 0.717) is 5.92 Å². The number of carbonyl (C=O) groups excluding carboxylic acids is 1. The summed E-state index contributed by atoms with van der Waals surface area (Å²) < 4.78 is 5.48. The highest BCUT2D eigenvalue weighted by atomic mass is 16.6. The summed E-state index contributed by atoms with van der Waals surface area (Å²) in [6.07, 6.45) is 1.60. The van der Waals surface area contributed by atoms with Gasteiger partial charge in [-0.25, -0.2) is 4.79 Å². The molecule has 0 fully saturated rings. The van der Waals surface area contributed by atoms with Gasteiger partial charge in [-0.05, 0) is 56.2 Å². The Labute approximate surface area is 144 Å². The van der Waals surface area contributed by atoms with Crippen LogP contribution >= 0.6 is 0 Å². The van der Waals surface area contributed by atoms with Crippen LogP contribution in [0.2, 0.25) is 0 Å². The summed E-state index contributed by atoms with van der Waals surface area (Å²) in [5.41, 5.74) is 3.40. The number of hydrogen-bond acceptors (Lipinski definition) is 2. The van der Waals surface area contributed by atoms with Gasteiger partial charge in [-0.1, -0.05) is 54.6 Å². The average molecular weight is 323 g/mol. The second-order valence-corrected chi connectivity index (χ2v) is 7.47. The van der Waals surface area contributed by atoms with Crippen LogP contribution in [0.3, 0.4) is 0 Å². The molecule has 1 aliphatic carbocycles. The van der Waals surface area contributed by atoms with Gasteiger partial charge in [-0.15, -0.1) is 0 Å². The minimum absolute atomic E-state index is 0.0477.